The Labute approximate surface area is 72.9 Å². The predicted molar refractivity (Wildman–Crippen MR) is 48.0 cm³/mol. The Balaban J connectivity index is 2.66. The average molecular weight is 165 g/mol. The molecule has 1 rings (SSSR count). The molecule has 0 aromatic heterocycles. The second kappa shape index (κ2) is 4.24. The van der Waals surface area contributed by atoms with Crippen molar-refractivity contribution in [1.82, 2.24) is 0 Å². The van der Waals surface area contributed by atoms with Crippen molar-refractivity contribution in [1.29, 1.82) is 0 Å². The smallest absolute Gasteiger partial charge is 0.148 e. The minimum atomic E-state index is -0.287. The van der Waals surface area contributed by atoms with Gasteiger partial charge in [-0.15, -0.1) is 6.58 Å². The summed E-state index contributed by atoms with van der Waals surface area (Å²) in [5.41, 5.74) is 1.12. The highest BCUT2D eigenvalue weighted by Gasteiger charge is 2.18. The van der Waals surface area contributed by atoms with Crippen molar-refractivity contribution in [2.24, 2.45) is 0 Å². The van der Waals surface area contributed by atoms with Crippen molar-refractivity contribution in [3.05, 3.63) is 42.6 Å². The monoisotopic (exact) mass is 165 g/mol. The lowest BCUT2D eigenvalue weighted by molar-refractivity contribution is 0.0972. The van der Waals surface area contributed by atoms with E-state index in [1.54, 1.807) is 13.2 Å². The molecule has 2 heteroatoms. The molecule has 1 aliphatic carbocycles. The van der Waals surface area contributed by atoms with E-state index in [4.69, 9.17) is 4.74 Å². The van der Waals surface area contributed by atoms with Gasteiger partial charge in [0.1, 0.15) is 12.2 Å². The molecule has 1 radical (unpaired) electrons. The third-order valence-electron chi connectivity index (χ3n) is 1.76. The summed E-state index contributed by atoms with van der Waals surface area (Å²) in [5, 5.41) is 9.29. The lowest BCUT2D eigenvalue weighted by Gasteiger charge is -2.18. The van der Waals surface area contributed by atoms with Crippen LogP contribution in [0.25, 0.3) is 0 Å². The molecule has 0 spiro atoms. The number of rotatable bonds is 3. The average Bonchev–Trinajstić information content (AvgIpc) is 2.09. The van der Waals surface area contributed by atoms with Gasteiger partial charge in [-0.25, -0.2) is 0 Å². The largest absolute Gasteiger partial charge is 0.379 e. The molecule has 0 bridgehead atoms. The van der Waals surface area contributed by atoms with Gasteiger partial charge in [0.25, 0.3) is 0 Å². The Bertz CT molecular complexity index is 216. The number of aliphatic hydroxyl groups excluding tert-OH is 1. The SMILES string of the molecule is C=CCC1=CC(OC)[C](O)C=C1. The van der Waals surface area contributed by atoms with Crippen LogP contribution in [0.2, 0.25) is 0 Å². The van der Waals surface area contributed by atoms with Crippen LogP contribution in [-0.4, -0.2) is 18.3 Å². The van der Waals surface area contributed by atoms with Crippen LogP contribution in [0.4, 0.5) is 0 Å². The van der Waals surface area contributed by atoms with Crippen LogP contribution < -0.4 is 0 Å². The van der Waals surface area contributed by atoms with Gasteiger partial charge >= 0.3 is 0 Å². The molecule has 0 saturated carbocycles. The van der Waals surface area contributed by atoms with Crippen LogP contribution in [0.15, 0.2) is 36.5 Å². The lowest BCUT2D eigenvalue weighted by Crippen LogP contribution is -2.19. The highest BCUT2D eigenvalue weighted by molar-refractivity contribution is 5.33. The van der Waals surface area contributed by atoms with Gasteiger partial charge in [-0.3, -0.25) is 0 Å². The van der Waals surface area contributed by atoms with E-state index in [0.717, 1.165) is 12.0 Å². The molecule has 1 unspecified atom stereocenters. The second-order valence-corrected chi connectivity index (χ2v) is 2.65. The van der Waals surface area contributed by atoms with Gasteiger partial charge in [-0.05, 0) is 24.1 Å². The number of ether oxygens (including phenoxy) is 1. The first-order valence-electron chi connectivity index (χ1n) is 3.86. The molecule has 1 N–H and O–H groups in total. The molecule has 0 fully saturated rings. The van der Waals surface area contributed by atoms with Crippen LogP contribution >= 0.6 is 0 Å². The molecule has 12 heavy (non-hydrogen) atoms. The minimum absolute atomic E-state index is 0.255. The van der Waals surface area contributed by atoms with Crippen molar-refractivity contribution >= 4 is 0 Å². The molecule has 0 amide bonds. The first-order valence-corrected chi connectivity index (χ1v) is 3.86. The molecular formula is C10H13O2. The maximum Gasteiger partial charge on any atom is 0.148 e. The molecule has 1 atom stereocenters. The minimum Gasteiger partial charge on any atom is -0.379 e. The molecule has 1 aliphatic rings. The van der Waals surface area contributed by atoms with E-state index in [9.17, 15) is 5.11 Å². The van der Waals surface area contributed by atoms with E-state index in [-0.39, 0.29) is 12.2 Å². The fraction of sp³-hybridized carbons (Fsp3) is 0.300. The highest BCUT2D eigenvalue weighted by Crippen LogP contribution is 2.20. The summed E-state index contributed by atoms with van der Waals surface area (Å²) in [6, 6.07) is 0. The molecule has 2 nitrogen and oxygen atoms in total. The summed E-state index contributed by atoms with van der Waals surface area (Å²) in [5.74, 6) is 0. The normalized spacial score (nSPS) is 23.8. The maximum atomic E-state index is 9.29. The van der Waals surface area contributed by atoms with E-state index in [1.165, 1.54) is 0 Å². The van der Waals surface area contributed by atoms with Gasteiger partial charge in [0.15, 0.2) is 0 Å². The summed E-state index contributed by atoms with van der Waals surface area (Å²) in [7, 11) is 1.57. The fourth-order valence-corrected chi connectivity index (χ4v) is 1.11. The van der Waals surface area contributed by atoms with Crippen molar-refractivity contribution in [3.63, 3.8) is 0 Å². The van der Waals surface area contributed by atoms with E-state index in [0.29, 0.717) is 0 Å². The van der Waals surface area contributed by atoms with Gasteiger partial charge in [0.05, 0.1) is 0 Å². The van der Waals surface area contributed by atoms with Gasteiger partial charge < -0.3 is 9.84 Å². The lowest BCUT2D eigenvalue weighted by atomic mass is 10.0. The third-order valence-corrected chi connectivity index (χ3v) is 1.76. The molecule has 0 heterocycles. The standard InChI is InChI=1S/C10H13O2/c1-3-4-8-5-6-9(11)10(7-8)12-2/h3,5-7,10-11H,1,4H2,2H3. The van der Waals surface area contributed by atoms with Crippen molar-refractivity contribution in [2.45, 2.75) is 12.5 Å². The van der Waals surface area contributed by atoms with E-state index in [1.807, 2.05) is 18.2 Å². The Hall–Kier alpha value is -0.860. The zero-order valence-electron chi connectivity index (χ0n) is 7.16. The predicted octanol–water partition coefficient (Wildman–Crippen LogP) is 1.98. The number of methoxy groups -OCH3 is 1. The molecule has 0 saturated heterocycles. The number of aliphatic hydroxyl groups is 1. The van der Waals surface area contributed by atoms with E-state index < -0.39 is 0 Å². The van der Waals surface area contributed by atoms with Gasteiger partial charge in [-0.2, -0.15) is 0 Å². The zero-order valence-corrected chi connectivity index (χ0v) is 7.16. The van der Waals surface area contributed by atoms with Crippen molar-refractivity contribution in [2.75, 3.05) is 7.11 Å². The summed E-state index contributed by atoms with van der Waals surface area (Å²) in [6.45, 7) is 3.64. The Kier molecular flexibility index (Phi) is 3.26. The van der Waals surface area contributed by atoms with Crippen LogP contribution in [0.5, 0.6) is 0 Å². The zero-order chi connectivity index (χ0) is 8.97. The van der Waals surface area contributed by atoms with Crippen LogP contribution in [0, 0.1) is 6.10 Å². The molecule has 0 aliphatic heterocycles. The number of hydrogen-bond donors (Lipinski definition) is 1. The Morgan fingerprint density at radius 2 is 2.42 bits per heavy atom. The fourth-order valence-electron chi connectivity index (χ4n) is 1.11. The quantitative estimate of drug-likeness (QED) is 0.648. The topological polar surface area (TPSA) is 29.5 Å². The Morgan fingerprint density at radius 1 is 1.67 bits per heavy atom. The van der Waals surface area contributed by atoms with Crippen LogP contribution in [0.3, 0.4) is 0 Å². The number of hydrogen-bond acceptors (Lipinski definition) is 2. The summed E-state index contributed by atoms with van der Waals surface area (Å²) in [6.07, 6.45) is 8.01. The van der Waals surface area contributed by atoms with E-state index >= 15 is 0 Å². The number of allylic oxidation sites excluding steroid dienone is 3. The molecular weight excluding hydrogens is 152 g/mol. The second-order valence-electron chi connectivity index (χ2n) is 2.65. The summed E-state index contributed by atoms with van der Waals surface area (Å²) in [4.78, 5) is 0. The first-order chi connectivity index (χ1) is 5.77. The molecule has 65 valence electrons. The van der Waals surface area contributed by atoms with Crippen LogP contribution in [0.1, 0.15) is 6.42 Å². The molecule has 0 aromatic carbocycles. The Morgan fingerprint density at radius 3 is 3.00 bits per heavy atom. The van der Waals surface area contributed by atoms with Gasteiger partial charge in [0, 0.05) is 7.11 Å². The maximum absolute atomic E-state index is 9.29. The van der Waals surface area contributed by atoms with Gasteiger partial charge in [-0.1, -0.05) is 12.2 Å². The molecule has 0 aromatic rings. The van der Waals surface area contributed by atoms with Crippen LogP contribution in [-0.2, 0) is 4.74 Å². The highest BCUT2D eigenvalue weighted by atomic mass is 16.5. The van der Waals surface area contributed by atoms with Gasteiger partial charge in [0.2, 0.25) is 0 Å². The van der Waals surface area contributed by atoms with E-state index in [2.05, 4.69) is 6.58 Å². The van der Waals surface area contributed by atoms with Crippen molar-refractivity contribution in [3.8, 4) is 0 Å². The summed E-state index contributed by atoms with van der Waals surface area (Å²) < 4.78 is 5.03. The summed E-state index contributed by atoms with van der Waals surface area (Å²) >= 11 is 0. The van der Waals surface area contributed by atoms with Crippen molar-refractivity contribution < 1.29 is 9.84 Å². The third kappa shape index (κ3) is 2.06. The first kappa shape index (κ1) is 9.23.